The van der Waals surface area contributed by atoms with Gasteiger partial charge in [-0.1, -0.05) is 16.8 Å². The van der Waals surface area contributed by atoms with Crippen molar-refractivity contribution in [2.45, 2.75) is 18.9 Å². The zero-order valence-electron chi connectivity index (χ0n) is 15.7. The average Bonchev–Trinajstić information content (AvgIpc) is 3.08. The minimum absolute atomic E-state index is 0.0568. The molecule has 1 saturated heterocycles. The molecule has 0 saturated carbocycles. The number of aromatic nitrogens is 3. The Balaban J connectivity index is 1.76. The number of rotatable bonds is 6. The van der Waals surface area contributed by atoms with E-state index in [2.05, 4.69) is 10.3 Å². The van der Waals surface area contributed by atoms with Gasteiger partial charge in [0.15, 0.2) is 5.69 Å². The van der Waals surface area contributed by atoms with E-state index in [-0.39, 0.29) is 37.8 Å². The quantitative estimate of drug-likeness (QED) is 0.762. The van der Waals surface area contributed by atoms with Crippen LogP contribution in [-0.2, 0) is 16.6 Å². The van der Waals surface area contributed by atoms with E-state index in [0.717, 1.165) is 5.56 Å². The highest BCUT2D eigenvalue weighted by atomic mass is 35.5. The first-order chi connectivity index (χ1) is 13.3. The SMILES string of the molecule is Cc1cc(OC[C@]2(CC(N)=O)CN(C(=O)c3cn(C)nn3)CCO2)ccc1Cl. The Morgan fingerprint density at radius 2 is 2.21 bits per heavy atom. The molecule has 1 fully saturated rings. The van der Waals surface area contributed by atoms with Gasteiger partial charge in [-0.25, -0.2) is 0 Å². The molecule has 2 aromatic rings. The fourth-order valence-electron chi connectivity index (χ4n) is 3.11. The van der Waals surface area contributed by atoms with Crippen LogP contribution in [0, 0.1) is 6.92 Å². The van der Waals surface area contributed by atoms with Gasteiger partial charge in [-0.2, -0.15) is 0 Å². The van der Waals surface area contributed by atoms with Gasteiger partial charge < -0.3 is 20.1 Å². The van der Waals surface area contributed by atoms with Crippen molar-refractivity contribution in [1.82, 2.24) is 19.9 Å². The molecule has 150 valence electrons. The predicted molar refractivity (Wildman–Crippen MR) is 101 cm³/mol. The minimum atomic E-state index is -1.05. The third-order valence-electron chi connectivity index (χ3n) is 4.49. The molecule has 3 rings (SSSR count). The Bertz CT molecular complexity index is 887. The molecular weight excluding hydrogens is 386 g/mol. The van der Waals surface area contributed by atoms with Crippen molar-refractivity contribution in [2.24, 2.45) is 12.8 Å². The lowest BCUT2D eigenvalue weighted by Gasteiger charge is -2.41. The second-order valence-electron chi connectivity index (χ2n) is 6.88. The number of morpholine rings is 1. The van der Waals surface area contributed by atoms with Crippen molar-refractivity contribution in [3.05, 3.63) is 40.7 Å². The number of hydrogen-bond acceptors (Lipinski definition) is 6. The van der Waals surface area contributed by atoms with Gasteiger partial charge in [-0.15, -0.1) is 5.10 Å². The highest BCUT2D eigenvalue weighted by Crippen LogP contribution is 2.26. The fourth-order valence-corrected chi connectivity index (χ4v) is 3.23. The lowest BCUT2D eigenvalue weighted by molar-refractivity contribution is -0.142. The predicted octanol–water partition coefficient (Wildman–Crippen LogP) is 0.943. The largest absolute Gasteiger partial charge is 0.490 e. The van der Waals surface area contributed by atoms with Crippen LogP contribution in [0.25, 0.3) is 0 Å². The molecule has 1 aromatic carbocycles. The topological polar surface area (TPSA) is 113 Å². The number of carbonyl (C=O) groups excluding carboxylic acids is 2. The van der Waals surface area contributed by atoms with Crippen molar-refractivity contribution in [1.29, 1.82) is 0 Å². The smallest absolute Gasteiger partial charge is 0.276 e. The summed E-state index contributed by atoms with van der Waals surface area (Å²) in [6.07, 6.45) is 1.46. The number of ether oxygens (including phenoxy) is 2. The molecule has 1 aliphatic heterocycles. The van der Waals surface area contributed by atoms with Crippen LogP contribution in [0.15, 0.2) is 24.4 Å². The van der Waals surface area contributed by atoms with Crippen LogP contribution < -0.4 is 10.5 Å². The van der Waals surface area contributed by atoms with Crippen molar-refractivity contribution in [2.75, 3.05) is 26.3 Å². The molecule has 2 heterocycles. The Kier molecular flexibility index (Phi) is 5.85. The Labute approximate surface area is 167 Å². The van der Waals surface area contributed by atoms with Crippen LogP contribution in [-0.4, -0.2) is 63.6 Å². The summed E-state index contributed by atoms with van der Waals surface area (Å²) in [5.41, 5.74) is 5.49. The number of primary amides is 1. The first kappa shape index (κ1) is 20.1. The molecule has 0 bridgehead atoms. The average molecular weight is 408 g/mol. The van der Waals surface area contributed by atoms with E-state index in [1.807, 2.05) is 6.92 Å². The maximum Gasteiger partial charge on any atom is 0.276 e. The van der Waals surface area contributed by atoms with Crippen LogP contribution in [0.3, 0.4) is 0 Å². The molecule has 0 spiro atoms. The van der Waals surface area contributed by atoms with E-state index < -0.39 is 11.5 Å². The fraction of sp³-hybridized carbons (Fsp3) is 0.444. The highest BCUT2D eigenvalue weighted by molar-refractivity contribution is 6.31. The first-order valence-electron chi connectivity index (χ1n) is 8.75. The summed E-state index contributed by atoms with van der Waals surface area (Å²) in [7, 11) is 1.68. The maximum absolute atomic E-state index is 12.7. The van der Waals surface area contributed by atoms with Crippen molar-refractivity contribution in [3.8, 4) is 5.75 Å². The number of nitrogens with two attached hydrogens (primary N) is 1. The maximum atomic E-state index is 12.7. The number of nitrogens with zero attached hydrogens (tertiary/aromatic N) is 4. The molecule has 0 unspecified atom stereocenters. The third kappa shape index (κ3) is 4.60. The van der Waals surface area contributed by atoms with Crippen molar-refractivity contribution >= 4 is 23.4 Å². The highest BCUT2D eigenvalue weighted by Gasteiger charge is 2.41. The summed E-state index contributed by atoms with van der Waals surface area (Å²) in [5.74, 6) is -0.232. The number of amides is 2. The van der Waals surface area contributed by atoms with E-state index in [1.165, 1.54) is 4.68 Å². The number of benzene rings is 1. The zero-order chi connectivity index (χ0) is 20.3. The zero-order valence-corrected chi connectivity index (χ0v) is 16.5. The lowest BCUT2D eigenvalue weighted by atomic mass is 9.97. The number of halogens is 1. The Morgan fingerprint density at radius 1 is 1.43 bits per heavy atom. The van der Waals surface area contributed by atoms with Crippen molar-refractivity contribution < 1.29 is 19.1 Å². The van der Waals surface area contributed by atoms with Crippen LogP contribution in [0.4, 0.5) is 0 Å². The van der Waals surface area contributed by atoms with Gasteiger partial charge in [0, 0.05) is 18.6 Å². The normalized spacial score (nSPS) is 19.5. The Hall–Kier alpha value is -2.65. The van der Waals surface area contributed by atoms with Crippen LogP contribution >= 0.6 is 11.6 Å². The third-order valence-corrected chi connectivity index (χ3v) is 4.91. The van der Waals surface area contributed by atoms with Crippen LogP contribution in [0.1, 0.15) is 22.5 Å². The summed E-state index contributed by atoms with van der Waals surface area (Å²) >= 11 is 6.04. The lowest BCUT2D eigenvalue weighted by Crippen LogP contribution is -2.58. The molecule has 1 aliphatic rings. The number of aryl methyl sites for hydroxylation is 2. The summed E-state index contributed by atoms with van der Waals surface area (Å²) in [4.78, 5) is 26.0. The second-order valence-corrected chi connectivity index (χ2v) is 7.29. The van der Waals surface area contributed by atoms with Crippen molar-refractivity contribution in [3.63, 3.8) is 0 Å². The summed E-state index contributed by atoms with van der Waals surface area (Å²) in [5, 5.41) is 8.28. The molecule has 2 N–H and O–H groups in total. The molecule has 10 heteroatoms. The van der Waals surface area contributed by atoms with Crippen LogP contribution in [0.2, 0.25) is 5.02 Å². The number of hydrogen-bond donors (Lipinski definition) is 1. The van der Waals surface area contributed by atoms with Gasteiger partial charge in [0.05, 0.1) is 25.8 Å². The van der Waals surface area contributed by atoms with Crippen LogP contribution in [0.5, 0.6) is 5.75 Å². The first-order valence-corrected chi connectivity index (χ1v) is 9.13. The minimum Gasteiger partial charge on any atom is -0.490 e. The Morgan fingerprint density at radius 3 is 2.86 bits per heavy atom. The van der Waals surface area contributed by atoms with Gasteiger partial charge in [0.25, 0.3) is 5.91 Å². The van der Waals surface area contributed by atoms with E-state index in [1.54, 1.807) is 36.3 Å². The summed E-state index contributed by atoms with van der Waals surface area (Å²) < 4.78 is 13.2. The number of carbonyl (C=O) groups is 2. The molecule has 1 atom stereocenters. The van der Waals surface area contributed by atoms with Gasteiger partial charge in [0.1, 0.15) is 18.0 Å². The van der Waals surface area contributed by atoms with E-state index in [0.29, 0.717) is 17.3 Å². The summed E-state index contributed by atoms with van der Waals surface area (Å²) in [6, 6.07) is 5.27. The van der Waals surface area contributed by atoms with E-state index in [4.69, 9.17) is 26.8 Å². The second kappa shape index (κ2) is 8.15. The van der Waals surface area contributed by atoms with Gasteiger partial charge in [0.2, 0.25) is 5.91 Å². The molecule has 1 aromatic heterocycles. The molecular formula is C18H22ClN5O4. The van der Waals surface area contributed by atoms with Gasteiger partial charge in [-0.3, -0.25) is 14.3 Å². The summed E-state index contributed by atoms with van der Waals surface area (Å²) in [6.45, 7) is 2.70. The standard InChI is InChI=1S/C18H22ClN5O4/c1-12-7-13(3-4-14(12)19)27-11-18(8-16(20)25)10-24(5-6-28-18)17(26)15-9-23(2)22-21-15/h3-4,7,9H,5-6,8,10-11H2,1-2H3,(H2,20,25)/t18-/m0/s1. The van der Waals surface area contributed by atoms with E-state index in [9.17, 15) is 9.59 Å². The molecule has 0 radical (unpaired) electrons. The monoisotopic (exact) mass is 407 g/mol. The van der Waals surface area contributed by atoms with Gasteiger partial charge in [-0.05, 0) is 30.7 Å². The molecule has 9 nitrogen and oxygen atoms in total. The molecule has 2 amide bonds. The van der Waals surface area contributed by atoms with E-state index >= 15 is 0 Å². The molecule has 0 aliphatic carbocycles. The van der Waals surface area contributed by atoms with Gasteiger partial charge >= 0.3 is 0 Å². The molecule has 28 heavy (non-hydrogen) atoms.